The van der Waals surface area contributed by atoms with Crippen molar-refractivity contribution < 1.29 is 9.26 Å². The maximum absolute atomic E-state index is 13.2. The number of para-hydroxylation sites is 1. The number of ether oxygens (including phenoxy) is 1. The fourth-order valence-corrected chi connectivity index (χ4v) is 4.80. The highest BCUT2D eigenvalue weighted by Crippen LogP contribution is 2.16. The zero-order valence-electron chi connectivity index (χ0n) is 19.5. The Hall–Kier alpha value is -2.86. The molecule has 0 atom stereocenters. The van der Waals surface area contributed by atoms with E-state index < -0.39 is 0 Å². The maximum atomic E-state index is 13.2. The number of hydrogen-bond donors (Lipinski definition) is 0. The summed E-state index contributed by atoms with van der Waals surface area (Å²) in [5.74, 6) is 1.47. The quantitative estimate of drug-likeness (QED) is 0.279. The summed E-state index contributed by atoms with van der Waals surface area (Å²) in [6, 6.07) is 9.56. The molecule has 0 radical (unpaired) electrons. The molecule has 11 heteroatoms. The Morgan fingerprint density at radius 3 is 2.65 bits per heavy atom. The molecule has 0 aliphatic carbocycles. The lowest BCUT2D eigenvalue weighted by Gasteiger charge is -2.33. The summed E-state index contributed by atoms with van der Waals surface area (Å²) in [5, 5.41) is 9.42. The Morgan fingerprint density at radius 1 is 1.15 bits per heavy atom. The molecule has 0 saturated carbocycles. The highest BCUT2D eigenvalue weighted by atomic mass is 32.1. The Balaban J connectivity index is 1.39. The minimum absolute atomic E-state index is 0.0531. The molecule has 5 rings (SSSR count). The van der Waals surface area contributed by atoms with E-state index in [2.05, 4.69) is 15.0 Å². The average molecular weight is 484 g/mol. The van der Waals surface area contributed by atoms with Crippen molar-refractivity contribution in [3.05, 3.63) is 56.9 Å². The Kier molecular flexibility index (Phi) is 6.59. The van der Waals surface area contributed by atoms with Gasteiger partial charge in [0, 0.05) is 52.5 Å². The predicted octanol–water partition coefficient (Wildman–Crippen LogP) is 2.29. The molecule has 0 spiro atoms. The van der Waals surface area contributed by atoms with Gasteiger partial charge in [-0.3, -0.25) is 23.6 Å². The summed E-state index contributed by atoms with van der Waals surface area (Å²) in [7, 11) is 1.66. The standard InChI is InChI=1S/C23H29N7O3S/c1-17-14-18(33-25-17)15-26-9-11-27(12-10-26)16-29-23(34)30-20-7-4-3-6-19(20)21(31)28(22(30)24-29)8-5-13-32-2/h3-4,6-7,14H,5,8-13,15-16H2,1-2H3. The Labute approximate surface area is 201 Å². The fourth-order valence-electron chi connectivity index (χ4n) is 4.52. The number of aromatic nitrogens is 5. The zero-order chi connectivity index (χ0) is 23.7. The number of aryl methyl sites for hydroxylation is 2. The third-order valence-corrected chi connectivity index (χ3v) is 6.66. The normalized spacial score (nSPS) is 15.6. The monoisotopic (exact) mass is 483 g/mol. The summed E-state index contributed by atoms with van der Waals surface area (Å²) < 4.78 is 16.6. The highest BCUT2D eigenvalue weighted by Gasteiger charge is 2.21. The molecule has 1 fully saturated rings. The lowest BCUT2D eigenvalue weighted by atomic mass is 10.2. The predicted molar refractivity (Wildman–Crippen MR) is 130 cm³/mol. The molecule has 0 unspecified atom stereocenters. The molecule has 1 aliphatic rings. The minimum Gasteiger partial charge on any atom is -0.385 e. The molecule has 34 heavy (non-hydrogen) atoms. The number of piperazine rings is 1. The minimum atomic E-state index is -0.0531. The van der Waals surface area contributed by atoms with Crippen molar-refractivity contribution in [2.45, 2.75) is 33.1 Å². The molecule has 1 aliphatic heterocycles. The van der Waals surface area contributed by atoms with E-state index in [1.54, 1.807) is 11.7 Å². The van der Waals surface area contributed by atoms with Gasteiger partial charge in [-0.15, -0.1) is 5.10 Å². The largest absolute Gasteiger partial charge is 0.385 e. The number of hydrogen-bond acceptors (Lipinski definition) is 8. The van der Waals surface area contributed by atoms with E-state index >= 15 is 0 Å². The van der Waals surface area contributed by atoms with Crippen LogP contribution in [-0.4, -0.2) is 73.6 Å². The van der Waals surface area contributed by atoms with E-state index in [0.717, 1.165) is 56.1 Å². The van der Waals surface area contributed by atoms with Crippen LogP contribution in [0.5, 0.6) is 0 Å². The summed E-state index contributed by atoms with van der Waals surface area (Å²) >= 11 is 5.84. The van der Waals surface area contributed by atoms with Gasteiger partial charge in [0.1, 0.15) is 0 Å². The van der Waals surface area contributed by atoms with Gasteiger partial charge >= 0.3 is 0 Å². The van der Waals surface area contributed by atoms with Gasteiger partial charge in [0.2, 0.25) is 10.5 Å². The number of rotatable bonds is 8. The van der Waals surface area contributed by atoms with E-state index in [9.17, 15) is 4.79 Å². The molecule has 4 heterocycles. The highest BCUT2D eigenvalue weighted by molar-refractivity contribution is 7.71. The second-order valence-electron chi connectivity index (χ2n) is 8.71. The molecular weight excluding hydrogens is 454 g/mol. The molecule has 0 bridgehead atoms. The van der Waals surface area contributed by atoms with Gasteiger partial charge in [0.15, 0.2) is 5.76 Å². The van der Waals surface area contributed by atoms with Gasteiger partial charge in [-0.25, -0.2) is 4.68 Å². The fraction of sp³-hybridized carbons (Fsp3) is 0.478. The second-order valence-corrected chi connectivity index (χ2v) is 9.07. The first-order valence-electron chi connectivity index (χ1n) is 11.5. The number of fused-ring (bicyclic) bond motifs is 3. The van der Waals surface area contributed by atoms with Crippen LogP contribution in [0.4, 0.5) is 0 Å². The van der Waals surface area contributed by atoms with Crippen molar-refractivity contribution in [3.8, 4) is 0 Å². The van der Waals surface area contributed by atoms with Crippen LogP contribution in [-0.2, 0) is 24.5 Å². The molecule has 10 nitrogen and oxygen atoms in total. The van der Waals surface area contributed by atoms with Gasteiger partial charge in [0.05, 0.1) is 29.8 Å². The summed E-state index contributed by atoms with van der Waals surface area (Å²) in [6.45, 7) is 8.00. The van der Waals surface area contributed by atoms with Gasteiger partial charge in [-0.1, -0.05) is 17.3 Å². The Morgan fingerprint density at radius 2 is 1.91 bits per heavy atom. The third-order valence-electron chi connectivity index (χ3n) is 6.27. The van der Waals surface area contributed by atoms with E-state index in [0.29, 0.717) is 35.8 Å². The van der Waals surface area contributed by atoms with Crippen LogP contribution < -0.4 is 5.56 Å². The van der Waals surface area contributed by atoms with Crippen molar-refractivity contribution in [1.29, 1.82) is 0 Å². The molecule has 4 aromatic rings. The SMILES string of the molecule is COCCCn1c(=O)c2ccccc2n2c(=S)n(CN3CCN(Cc4cc(C)no4)CC3)nc12. The first-order chi connectivity index (χ1) is 16.5. The molecule has 1 saturated heterocycles. The second kappa shape index (κ2) is 9.79. The van der Waals surface area contributed by atoms with E-state index in [-0.39, 0.29) is 5.56 Å². The van der Waals surface area contributed by atoms with E-state index in [4.69, 9.17) is 26.6 Å². The van der Waals surface area contributed by atoms with Gasteiger partial charge < -0.3 is 9.26 Å². The van der Waals surface area contributed by atoms with Gasteiger partial charge in [-0.2, -0.15) is 0 Å². The molecule has 0 amide bonds. The summed E-state index contributed by atoms with van der Waals surface area (Å²) in [6.07, 6.45) is 0.719. The van der Waals surface area contributed by atoms with Crippen molar-refractivity contribution in [3.63, 3.8) is 0 Å². The van der Waals surface area contributed by atoms with Crippen molar-refractivity contribution in [2.75, 3.05) is 39.9 Å². The lowest BCUT2D eigenvalue weighted by Crippen LogP contribution is -2.46. The van der Waals surface area contributed by atoms with Crippen LogP contribution in [0.3, 0.4) is 0 Å². The van der Waals surface area contributed by atoms with Crippen LogP contribution in [0, 0.1) is 11.7 Å². The van der Waals surface area contributed by atoms with Crippen molar-refractivity contribution in [1.82, 2.24) is 33.7 Å². The molecule has 0 N–H and O–H groups in total. The molecule has 1 aromatic carbocycles. The van der Waals surface area contributed by atoms with Crippen LogP contribution in [0.2, 0.25) is 0 Å². The summed E-state index contributed by atoms with van der Waals surface area (Å²) in [5.41, 5.74) is 1.64. The number of nitrogens with zero attached hydrogens (tertiary/aromatic N) is 7. The first kappa shape index (κ1) is 22.9. The van der Waals surface area contributed by atoms with E-state index in [1.165, 1.54) is 0 Å². The van der Waals surface area contributed by atoms with Crippen molar-refractivity contribution in [2.24, 2.45) is 0 Å². The van der Waals surface area contributed by atoms with Gasteiger partial charge in [0.25, 0.3) is 5.56 Å². The Bertz CT molecular complexity index is 1410. The topological polar surface area (TPSA) is 86.0 Å². The number of benzene rings is 1. The van der Waals surface area contributed by atoms with Crippen LogP contribution in [0.1, 0.15) is 17.9 Å². The molecule has 180 valence electrons. The van der Waals surface area contributed by atoms with Crippen molar-refractivity contribution >= 4 is 28.9 Å². The maximum Gasteiger partial charge on any atom is 0.262 e. The third kappa shape index (κ3) is 4.43. The van der Waals surface area contributed by atoms with Crippen LogP contribution in [0.25, 0.3) is 16.7 Å². The molecule has 3 aromatic heterocycles. The zero-order valence-corrected chi connectivity index (χ0v) is 20.3. The summed E-state index contributed by atoms with van der Waals surface area (Å²) in [4.78, 5) is 17.9. The van der Waals surface area contributed by atoms with Crippen LogP contribution >= 0.6 is 12.2 Å². The number of methoxy groups -OCH3 is 1. The average Bonchev–Trinajstić information content (AvgIpc) is 3.40. The van der Waals surface area contributed by atoms with E-state index in [1.807, 2.05) is 46.3 Å². The smallest absolute Gasteiger partial charge is 0.262 e. The lowest BCUT2D eigenvalue weighted by molar-refractivity contribution is 0.0921. The molecular formula is C23H29N7O3S. The van der Waals surface area contributed by atoms with Crippen LogP contribution in [0.15, 0.2) is 39.6 Å². The van der Waals surface area contributed by atoms with Gasteiger partial charge in [-0.05, 0) is 37.7 Å². The first-order valence-corrected chi connectivity index (χ1v) is 11.9.